The highest BCUT2D eigenvalue weighted by atomic mass is 32.2. The van der Waals surface area contributed by atoms with Crippen molar-refractivity contribution in [2.24, 2.45) is 0 Å². The van der Waals surface area contributed by atoms with Crippen molar-refractivity contribution in [2.75, 3.05) is 11.5 Å². The molecule has 0 aliphatic heterocycles. The molecule has 0 saturated carbocycles. The summed E-state index contributed by atoms with van der Waals surface area (Å²) in [6.45, 7) is 2.73. The van der Waals surface area contributed by atoms with E-state index in [-0.39, 0.29) is 0 Å². The Kier molecular flexibility index (Phi) is 3.55. The summed E-state index contributed by atoms with van der Waals surface area (Å²) in [7, 11) is 0. The van der Waals surface area contributed by atoms with E-state index in [0.717, 1.165) is 30.1 Å². The van der Waals surface area contributed by atoms with Gasteiger partial charge in [-0.15, -0.1) is 0 Å². The van der Waals surface area contributed by atoms with Crippen LogP contribution in [-0.2, 0) is 6.54 Å². The van der Waals surface area contributed by atoms with Gasteiger partial charge in [-0.25, -0.2) is 19.9 Å². The van der Waals surface area contributed by atoms with E-state index in [4.69, 9.17) is 10.2 Å². The van der Waals surface area contributed by atoms with Crippen LogP contribution in [0.25, 0.3) is 11.2 Å². The Morgan fingerprint density at radius 1 is 1.35 bits per heavy atom. The first-order chi connectivity index (χ1) is 9.74. The number of hydrogen-bond donors (Lipinski definition) is 1. The molecule has 0 bridgehead atoms. The number of nitrogens with zero attached hydrogens (tertiary/aromatic N) is 5. The van der Waals surface area contributed by atoms with Crippen molar-refractivity contribution in [3.05, 3.63) is 24.6 Å². The van der Waals surface area contributed by atoms with E-state index >= 15 is 0 Å². The summed E-state index contributed by atoms with van der Waals surface area (Å²) in [4.78, 5) is 16.6. The monoisotopic (exact) mass is 290 g/mol. The van der Waals surface area contributed by atoms with E-state index in [1.807, 2.05) is 11.5 Å². The van der Waals surface area contributed by atoms with Crippen LogP contribution >= 0.6 is 11.8 Å². The van der Waals surface area contributed by atoms with Crippen molar-refractivity contribution in [3.63, 3.8) is 0 Å². The summed E-state index contributed by atoms with van der Waals surface area (Å²) in [5, 5.41) is 0.713. The molecule has 8 heteroatoms. The average molecular weight is 290 g/mol. The van der Waals surface area contributed by atoms with Gasteiger partial charge in [-0.05, 0) is 13.3 Å². The summed E-state index contributed by atoms with van der Waals surface area (Å²) in [5.41, 5.74) is 8.08. The van der Waals surface area contributed by atoms with E-state index in [2.05, 4.69) is 19.9 Å². The number of aryl methyl sites for hydroxylation is 2. The van der Waals surface area contributed by atoms with Gasteiger partial charge < -0.3 is 14.7 Å². The molecule has 3 heterocycles. The molecule has 0 atom stereocenters. The van der Waals surface area contributed by atoms with Gasteiger partial charge in [0.15, 0.2) is 11.5 Å². The van der Waals surface area contributed by atoms with E-state index < -0.39 is 0 Å². The lowest BCUT2D eigenvalue weighted by Crippen LogP contribution is -2.00. The van der Waals surface area contributed by atoms with Gasteiger partial charge >= 0.3 is 0 Å². The number of aromatic nitrogens is 5. The number of oxazole rings is 1. The topological polar surface area (TPSA) is 95.7 Å². The number of fused-ring (bicyclic) bond motifs is 1. The molecular formula is C12H14N6OS. The molecule has 0 aliphatic carbocycles. The third-order valence-electron chi connectivity index (χ3n) is 2.80. The Balaban J connectivity index is 1.59. The van der Waals surface area contributed by atoms with E-state index in [1.54, 1.807) is 24.4 Å². The van der Waals surface area contributed by atoms with Crippen molar-refractivity contribution in [1.29, 1.82) is 0 Å². The summed E-state index contributed by atoms with van der Waals surface area (Å²) in [5.74, 6) is 1.33. The molecule has 104 valence electrons. The van der Waals surface area contributed by atoms with Crippen LogP contribution in [0.5, 0.6) is 0 Å². The normalized spacial score (nSPS) is 11.2. The number of nitrogens with two attached hydrogens (primary N) is 1. The second kappa shape index (κ2) is 5.49. The lowest BCUT2D eigenvalue weighted by molar-refractivity contribution is 0.453. The summed E-state index contributed by atoms with van der Waals surface area (Å²) in [6.07, 6.45) is 5.82. The van der Waals surface area contributed by atoms with E-state index in [0.29, 0.717) is 16.6 Å². The average Bonchev–Trinajstić information content (AvgIpc) is 3.02. The van der Waals surface area contributed by atoms with Crippen LogP contribution in [-0.4, -0.2) is 30.3 Å². The van der Waals surface area contributed by atoms with E-state index in [9.17, 15) is 0 Å². The highest BCUT2D eigenvalue weighted by Crippen LogP contribution is 2.19. The zero-order valence-electron chi connectivity index (χ0n) is 11.0. The molecule has 3 aromatic heterocycles. The molecule has 0 spiro atoms. The standard InChI is InChI=1S/C12H14N6OS/c1-8-5-19-12(17-8)20-4-2-3-18-7-16-9-10(13)14-6-15-11(9)18/h5-7H,2-4H2,1H3,(H2,13,14,15). The SMILES string of the molecule is Cc1coc(SCCCn2cnc3c(N)ncnc32)n1. The zero-order valence-corrected chi connectivity index (χ0v) is 11.8. The highest BCUT2D eigenvalue weighted by molar-refractivity contribution is 7.99. The fourth-order valence-electron chi connectivity index (χ4n) is 1.86. The first kappa shape index (κ1) is 12.9. The minimum absolute atomic E-state index is 0.415. The number of thioether (sulfide) groups is 1. The predicted molar refractivity (Wildman–Crippen MR) is 76.3 cm³/mol. The summed E-state index contributed by atoms with van der Waals surface area (Å²) < 4.78 is 7.26. The van der Waals surface area contributed by atoms with Crippen molar-refractivity contribution in [2.45, 2.75) is 25.1 Å². The zero-order chi connectivity index (χ0) is 13.9. The minimum Gasteiger partial charge on any atom is -0.440 e. The molecular weight excluding hydrogens is 276 g/mol. The molecule has 3 rings (SSSR count). The van der Waals surface area contributed by atoms with Crippen molar-refractivity contribution < 1.29 is 4.42 Å². The van der Waals surface area contributed by atoms with Crippen LogP contribution in [0.4, 0.5) is 5.82 Å². The van der Waals surface area contributed by atoms with Gasteiger partial charge in [0, 0.05) is 12.3 Å². The lowest BCUT2D eigenvalue weighted by Gasteiger charge is -2.02. The van der Waals surface area contributed by atoms with Gasteiger partial charge in [-0.1, -0.05) is 11.8 Å². The van der Waals surface area contributed by atoms with Crippen LogP contribution in [0.15, 0.2) is 28.6 Å². The number of imidazole rings is 1. The Hall–Kier alpha value is -2.09. The largest absolute Gasteiger partial charge is 0.440 e. The summed E-state index contributed by atoms with van der Waals surface area (Å²) >= 11 is 1.60. The first-order valence-corrected chi connectivity index (χ1v) is 7.19. The Morgan fingerprint density at radius 3 is 3.05 bits per heavy atom. The highest BCUT2D eigenvalue weighted by Gasteiger charge is 2.07. The molecule has 2 N–H and O–H groups in total. The maximum absolute atomic E-state index is 5.75. The molecule has 20 heavy (non-hydrogen) atoms. The van der Waals surface area contributed by atoms with Crippen LogP contribution in [0.2, 0.25) is 0 Å². The fourth-order valence-corrected chi connectivity index (χ4v) is 2.63. The Labute approximate surface area is 119 Å². The van der Waals surface area contributed by atoms with Crippen LogP contribution < -0.4 is 5.73 Å². The third kappa shape index (κ3) is 2.60. The predicted octanol–water partition coefficient (Wildman–Crippen LogP) is 1.89. The number of rotatable bonds is 5. The second-order valence-corrected chi connectivity index (χ2v) is 5.37. The van der Waals surface area contributed by atoms with Crippen molar-refractivity contribution >= 4 is 28.7 Å². The van der Waals surface area contributed by atoms with Gasteiger partial charge in [0.1, 0.15) is 18.1 Å². The van der Waals surface area contributed by atoms with Gasteiger partial charge in [0.25, 0.3) is 5.22 Å². The van der Waals surface area contributed by atoms with Crippen LogP contribution in [0, 0.1) is 6.92 Å². The van der Waals surface area contributed by atoms with Gasteiger partial charge in [0.2, 0.25) is 0 Å². The Morgan fingerprint density at radius 2 is 2.25 bits per heavy atom. The van der Waals surface area contributed by atoms with Gasteiger partial charge in [-0.3, -0.25) is 0 Å². The molecule has 0 radical (unpaired) electrons. The maximum Gasteiger partial charge on any atom is 0.255 e. The smallest absolute Gasteiger partial charge is 0.255 e. The minimum atomic E-state index is 0.415. The number of nitrogen functional groups attached to an aromatic ring is 1. The van der Waals surface area contributed by atoms with Gasteiger partial charge in [-0.2, -0.15) is 0 Å². The molecule has 0 fully saturated rings. The molecule has 0 aliphatic rings. The van der Waals surface area contributed by atoms with Gasteiger partial charge in [0.05, 0.1) is 12.0 Å². The summed E-state index contributed by atoms with van der Waals surface area (Å²) in [6, 6.07) is 0. The van der Waals surface area contributed by atoms with Crippen molar-refractivity contribution in [1.82, 2.24) is 24.5 Å². The third-order valence-corrected chi connectivity index (χ3v) is 3.72. The van der Waals surface area contributed by atoms with Crippen LogP contribution in [0.1, 0.15) is 12.1 Å². The fraction of sp³-hybridized carbons (Fsp3) is 0.333. The molecule has 0 saturated heterocycles. The number of anilines is 1. The quantitative estimate of drug-likeness (QED) is 0.566. The molecule has 3 aromatic rings. The molecule has 0 unspecified atom stereocenters. The lowest BCUT2D eigenvalue weighted by atomic mass is 10.4. The number of hydrogen-bond acceptors (Lipinski definition) is 7. The van der Waals surface area contributed by atoms with E-state index in [1.165, 1.54) is 6.33 Å². The Bertz CT molecular complexity index is 722. The maximum atomic E-state index is 5.75. The first-order valence-electron chi connectivity index (χ1n) is 6.20. The van der Waals surface area contributed by atoms with Crippen LogP contribution in [0.3, 0.4) is 0 Å². The molecule has 7 nitrogen and oxygen atoms in total. The molecule has 0 aromatic carbocycles. The molecule has 0 amide bonds. The second-order valence-electron chi connectivity index (χ2n) is 4.33. The van der Waals surface area contributed by atoms with Crippen molar-refractivity contribution in [3.8, 4) is 0 Å².